The molecule has 0 aliphatic rings. The Morgan fingerprint density at radius 2 is 0.941 bits per heavy atom. The highest BCUT2D eigenvalue weighted by Gasteiger charge is 2.27. The van der Waals surface area contributed by atoms with E-state index in [0.717, 1.165) is 128 Å². The number of hydrogen-bond acceptors (Lipinski definition) is 7. The van der Waals surface area contributed by atoms with Crippen molar-refractivity contribution < 1.29 is 37.3 Å². The van der Waals surface area contributed by atoms with Gasteiger partial charge in [-0.15, -0.1) is 0 Å². The number of ether oxygens (including phenoxy) is 1. The lowest BCUT2D eigenvalue weighted by Crippen LogP contribution is -2.47. The van der Waals surface area contributed by atoms with E-state index >= 15 is 0 Å². The van der Waals surface area contributed by atoms with Gasteiger partial charge < -0.3 is 28.5 Å². The Hall–Kier alpha value is -2.81. The van der Waals surface area contributed by atoms with Gasteiger partial charge in [0, 0.05) is 12.8 Å². The van der Waals surface area contributed by atoms with Gasteiger partial charge in [-0.3, -0.25) is 14.2 Å². The number of phosphoric acid groups is 1. The summed E-state index contributed by atoms with van der Waals surface area (Å²) < 4.78 is 30.2. The number of phosphoric ester groups is 1. The predicted octanol–water partition coefficient (Wildman–Crippen LogP) is 15.6. The maximum atomic E-state index is 13.5. The van der Waals surface area contributed by atoms with E-state index in [2.05, 4.69) is 99.0 Å². The molecule has 0 saturated heterocycles. The summed E-state index contributed by atoms with van der Waals surface area (Å²) in [7, 11) is 1.15. The highest BCUT2D eigenvalue weighted by Crippen LogP contribution is 2.38. The lowest BCUT2D eigenvalue weighted by Gasteiger charge is -2.30. The Balaban J connectivity index is 5.45. The van der Waals surface area contributed by atoms with Gasteiger partial charge >= 0.3 is 5.97 Å². The van der Waals surface area contributed by atoms with E-state index < -0.39 is 26.6 Å². The molecule has 9 nitrogen and oxygen atoms in total. The van der Waals surface area contributed by atoms with E-state index in [1.54, 1.807) is 0 Å². The van der Waals surface area contributed by atoms with Crippen molar-refractivity contribution in [3.05, 3.63) is 85.1 Å². The van der Waals surface area contributed by atoms with Crippen molar-refractivity contribution in [3.8, 4) is 0 Å². The first kappa shape index (κ1) is 65.2. The maximum Gasteiger partial charge on any atom is 0.306 e. The van der Waals surface area contributed by atoms with Crippen LogP contribution >= 0.6 is 7.82 Å². The van der Waals surface area contributed by atoms with Crippen molar-refractivity contribution in [1.82, 2.24) is 5.32 Å². The van der Waals surface area contributed by atoms with Crippen LogP contribution in [0.2, 0.25) is 0 Å². The second-order valence-corrected chi connectivity index (χ2v) is 20.7. The highest BCUT2D eigenvalue weighted by atomic mass is 31.2. The van der Waals surface area contributed by atoms with E-state index in [-0.39, 0.29) is 24.9 Å². The maximum absolute atomic E-state index is 13.5. The van der Waals surface area contributed by atoms with Crippen LogP contribution in [-0.4, -0.2) is 69.4 Å². The number of nitrogens with zero attached hydrogens (tertiary/aromatic N) is 1. The predicted molar refractivity (Wildman–Crippen MR) is 288 cm³/mol. The fourth-order valence-corrected chi connectivity index (χ4v) is 8.10. The molecule has 0 aliphatic carbocycles. The Kier molecular flexibility index (Phi) is 45.9. The Morgan fingerprint density at radius 1 is 0.529 bits per heavy atom. The van der Waals surface area contributed by atoms with Crippen LogP contribution in [0.25, 0.3) is 0 Å². The highest BCUT2D eigenvalue weighted by molar-refractivity contribution is 7.45. The third kappa shape index (κ3) is 48.2. The molecule has 0 aromatic rings. The van der Waals surface area contributed by atoms with Crippen molar-refractivity contribution in [2.24, 2.45) is 0 Å². The molecule has 1 amide bonds. The molecule has 3 unspecified atom stereocenters. The van der Waals surface area contributed by atoms with Gasteiger partial charge in [-0.2, -0.15) is 0 Å². The fourth-order valence-electron chi connectivity index (χ4n) is 7.37. The number of nitrogens with one attached hydrogen (secondary N) is 1. The van der Waals surface area contributed by atoms with Crippen molar-refractivity contribution in [2.45, 2.75) is 232 Å². The third-order valence-electron chi connectivity index (χ3n) is 11.6. The van der Waals surface area contributed by atoms with Gasteiger partial charge in [0.25, 0.3) is 7.82 Å². The quantitative estimate of drug-likeness (QED) is 0.0212. The molecule has 1 N–H and O–H groups in total. The smallest absolute Gasteiger partial charge is 0.306 e. The molecular formula is C58H103N2O7P. The zero-order valence-corrected chi connectivity index (χ0v) is 45.4. The normalized spacial score (nSPS) is 14.5. The van der Waals surface area contributed by atoms with E-state index in [0.29, 0.717) is 23.9 Å². The minimum Gasteiger partial charge on any atom is -0.756 e. The van der Waals surface area contributed by atoms with Crippen LogP contribution in [0.5, 0.6) is 0 Å². The topological polar surface area (TPSA) is 114 Å². The molecule has 392 valence electrons. The van der Waals surface area contributed by atoms with Crippen LogP contribution in [0.3, 0.4) is 0 Å². The summed E-state index contributed by atoms with van der Waals surface area (Å²) in [6, 6.07) is -0.907. The second-order valence-electron chi connectivity index (χ2n) is 19.3. The van der Waals surface area contributed by atoms with Gasteiger partial charge in [0.05, 0.1) is 33.8 Å². The summed E-state index contributed by atoms with van der Waals surface area (Å²) in [5.74, 6) is -0.588. The summed E-state index contributed by atoms with van der Waals surface area (Å²) in [4.78, 5) is 39.8. The molecule has 0 heterocycles. The van der Waals surface area contributed by atoms with Gasteiger partial charge in [-0.25, -0.2) is 0 Å². The number of likely N-dealkylation sites (N-methyl/N-ethyl adjacent to an activating group) is 1. The van der Waals surface area contributed by atoms with Gasteiger partial charge in [-0.05, 0) is 96.0 Å². The van der Waals surface area contributed by atoms with E-state index in [9.17, 15) is 19.0 Å². The molecule has 0 aromatic carbocycles. The molecule has 0 spiro atoms. The standard InChI is InChI=1S/C58H103N2O7P/c1-7-10-13-16-19-22-25-28-30-31-32-35-38-41-44-47-50-57(61)59-55(54-66-68(63,64)65-53-52-60(4,5)6)56(49-46-43-40-37-34-27-24-21-18-15-12-9-3)67-58(62)51-48-45-42-39-36-33-29-26-23-20-17-14-11-8-2/h10-11,13-14,19-20,22-23,28-30,33,46,49,55-56H,7-9,12,15-18,21,24-27,31-32,34-45,47-48,50-54H2,1-6H3,(H-,59,61,63,64)/b13-10+,14-11+,22-19+,23-20+,30-28+,33-29+,49-46+. The molecule has 0 bridgehead atoms. The summed E-state index contributed by atoms with van der Waals surface area (Å²) in [6.45, 7) is 6.57. The average molecular weight is 971 g/mol. The van der Waals surface area contributed by atoms with Gasteiger partial charge in [0.1, 0.15) is 19.3 Å². The lowest BCUT2D eigenvalue weighted by molar-refractivity contribution is -0.870. The molecule has 0 saturated carbocycles. The first-order chi connectivity index (χ1) is 32.9. The minimum atomic E-state index is -4.70. The summed E-state index contributed by atoms with van der Waals surface area (Å²) in [5, 5.41) is 3.00. The van der Waals surface area contributed by atoms with Gasteiger partial charge in [0.15, 0.2) is 0 Å². The number of allylic oxidation sites excluding steroid dienone is 13. The zero-order chi connectivity index (χ0) is 50.1. The van der Waals surface area contributed by atoms with Crippen LogP contribution in [0.15, 0.2) is 85.1 Å². The van der Waals surface area contributed by atoms with Crippen molar-refractivity contribution >= 4 is 19.7 Å². The number of esters is 1. The van der Waals surface area contributed by atoms with Crippen LogP contribution < -0.4 is 10.2 Å². The first-order valence-electron chi connectivity index (χ1n) is 27.4. The van der Waals surface area contributed by atoms with Crippen molar-refractivity contribution in [3.63, 3.8) is 0 Å². The summed E-state index contributed by atoms with van der Waals surface area (Å²) in [5.41, 5.74) is 0. The number of rotatable bonds is 48. The number of hydrogen-bond donors (Lipinski definition) is 1. The van der Waals surface area contributed by atoms with Crippen LogP contribution in [-0.2, 0) is 27.9 Å². The summed E-state index contributed by atoms with van der Waals surface area (Å²) >= 11 is 0. The molecule has 0 aromatic heterocycles. The minimum absolute atomic E-state index is 0.0327. The van der Waals surface area contributed by atoms with Gasteiger partial charge in [0.2, 0.25) is 5.91 Å². The molecule has 0 rings (SSSR count). The Bertz CT molecular complexity index is 1440. The van der Waals surface area contributed by atoms with Crippen LogP contribution in [0, 0.1) is 0 Å². The molecule has 0 fully saturated rings. The van der Waals surface area contributed by atoms with Crippen LogP contribution in [0.1, 0.15) is 220 Å². The number of amides is 1. The Labute approximate surface area is 418 Å². The molecular weight excluding hydrogens is 868 g/mol. The number of carbonyl (C=O) groups excluding carboxylic acids is 2. The second kappa shape index (κ2) is 47.8. The molecule has 10 heteroatoms. The number of unbranched alkanes of at least 4 members (excludes halogenated alkanes) is 20. The van der Waals surface area contributed by atoms with Gasteiger partial charge in [-0.1, -0.05) is 196 Å². The molecule has 0 aliphatic heterocycles. The van der Waals surface area contributed by atoms with Crippen molar-refractivity contribution in [1.29, 1.82) is 0 Å². The zero-order valence-electron chi connectivity index (χ0n) is 44.5. The molecule has 68 heavy (non-hydrogen) atoms. The fraction of sp³-hybridized carbons (Fsp3) is 0.724. The van der Waals surface area contributed by atoms with Crippen molar-refractivity contribution in [2.75, 3.05) is 40.9 Å². The first-order valence-corrected chi connectivity index (χ1v) is 28.9. The molecule has 3 atom stereocenters. The monoisotopic (exact) mass is 971 g/mol. The largest absolute Gasteiger partial charge is 0.756 e. The third-order valence-corrected chi connectivity index (χ3v) is 12.5. The molecule has 0 radical (unpaired) electrons. The summed E-state index contributed by atoms with van der Waals surface area (Å²) in [6.07, 6.45) is 61.2. The number of carbonyl (C=O) groups is 2. The van der Waals surface area contributed by atoms with E-state index in [1.165, 1.54) is 51.4 Å². The number of quaternary nitrogens is 1. The van der Waals surface area contributed by atoms with E-state index in [1.807, 2.05) is 33.3 Å². The average Bonchev–Trinajstić information content (AvgIpc) is 3.29. The lowest BCUT2D eigenvalue weighted by atomic mass is 10.0. The SMILES string of the molecule is CC/C=C/C/C=C/C/C=C/CCCCCCCCC(=O)NC(COP(=O)([O-])OCC[N+](C)(C)C)C(/C=C/CCCCCCCCCCCC)OC(=O)CCCCCC/C=C/C/C=C/C/C=C/CC. The van der Waals surface area contributed by atoms with Crippen LogP contribution in [0.4, 0.5) is 0 Å². The van der Waals surface area contributed by atoms with E-state index in [4.69, 9.17) is 13.8 Å². The Morgan fingerprint density at radius 3 is 1.41 bits per heavy atom.